The molecule has 0 aliphatic heterocycles. The number of hydrogen-bond acceptors (Lipinski definition) is 3. The van der Waals surface area contributed by atoms with Crippen LogP contribution in [0.3, 0.4) is 0 Å². The number of halogens is 4. The van der Waals surface area contributed by atoms with Crippen LogP contribution in [0.25, 0.3) is 11.1 Å². The zero-order valence-electron chi connectivity index (χ0n) is 14.3. The van der Waals surface area contributed by atoms with Crippen LogP contribution in [0.4, 0.5) is 13.2 Å². The Balaban J connectivity index is 2.70. The number of benzene rings is 1. The van der Waals surface area contributed by atoms with Crippen molar-refractivity contribution >= 4 is 11.6 Å². The van der Waals surface area contributed by atoms with Crippen molar-refractivity contribution in [3.8, 4) is 16.9 Å². The SMILES string of the molecule is Cc1c(Cl)cc(C(C)O)c(OC(C)C)c1-c1ccc(C(F)(F)F)nc1. The van der Waals surface area contributed by atoms with Gasteiger partial charge in [0.1, 0.15) is 11.4 Å². The minimum Gasteiger partial charge on any atom is -0.490 e. The molecular weight excluding hydrogens is 355 g/mol. The van der Waals surface area contributed by atoms with E-state index in [1.807, 2.05) is 13.8 Å². The maximum atomic E-state index is 12.7. The zero-order valence-corrected chi connectivity index (χ0v) is 15.0. The van der Waals surface area contributed by atoms with E-state index in [0.29, 0.717) is 33.0 Å². The molecule has 1 unspecified atom stereocenters. The molecule has 0 bridgehead atoms. The molecule has 1 aromatic heterocycles. The van der Waals surface area contributed by atoms with E-state index in [9.17, 15) is 18.3 Å². The van der Waals surface area contributed by atoms with E-state index in [4.69, 9.17) is 16.3 Å². The largest absolute Gasteiger partial charge is 0.490 e. The van der Waals surface area contributed by atoms with Gasteiger partial charge in [-0.3, -0.25) is 4.98 Å². The molecule has 2 rings (SSSR count). The Bertz CT molecular complexity index is 756. The van der Waals surface area contributed by atoms with Gasteiger partial charge >= 0.3 is 6.18 Å². The number of ether oxygens (including phenoxy) is 1. The molecule has 7 heteroatoms. The predicted molar refractivity (Wildman–Crippen MR) is 90.8 cm³/mol. The highest BCUT2D eigenvalue weighted by Crippen LogP contribution is 2.43. The Hall–Kier alpha value is -1.79. The number of hydrogen-bond donors (Lipinski definition) is 1. The smallest absolute Gasteiger partial charge is 0.433 e. The Labute approximate surface area is 149 Å². The number of aliphatic hydroxyl groups is 1. The first-order chi connectivity index (χ1) is 11.5. The molecule has 0 aliphatic carbocycles. The minimum absolute atomic E-state index is 0.195. The van der Waals surface area contributed by atoms with E-state index in [1.54, 1.807) is 19.9 Å². The molecule has 1 heterocycles. The van der Waals surface area contributed by atoms with Gasteiger partial charge in [-0.25, -0.2) is 0 Å². The molecule has 1 aromatic carbocycles. The first-order valence-corrected chi connectivity index (χ1v) is 8.11. The first-order valence-electron chi connectivity index (χ1n) is 7.73. The van der Waals surface area contributed by atoms with E-state index in [1.165, 1.54) is 6.07 Å². The van der Waals surface area contributed by atoms with Crippen molar-refractivity contribution in [1.82, 2.24) is 4.98 Å². The molecule has 1 atom stereocenters. The lowest BCUT2D eigenvalue weighted by Gasteiger charge is -2.22. The van der Waals surface area contributed by atoms with E-state index in [2.05, 4.69) is 4.98 Å². The fourth-order valence-electron chi connectivity index (χ4n) is 2.47. The van der Waals surface area contributed by atoms with Crippen LogP contribution in [0.15, 0.2) is 24.4 Å². The average Bonchev–Trinajstić information content (AvgIpc) is 2.49. The molecule has 0 saturated carbocycles. The van der Waals surface area contributed by atoms with Gasteiger partial charge in [-0.15, -0.1) is 0 Å². The van der Waals surface area contributed by atoms with Gasteiger partial charge < -0.3 is 9.84 Å². The summed E-state index contributed by atoms with van der Waals surface area (Å²) in [4.78, 5) is 3.51. The van der Waals surface area contributed by atoms with Crippen LogP contribution in [-0.2, 0) is 6.18 Å². The van der Waals surface area contributed by atoms with Crippen LogP contribution >= 0.6 is 11.6 Å². The molecule has 0 amide bonds. The van der Waals surface area contributed by atoms with Gasteiger partial charge in [0.15, 0.2) is 0 Å². The summed E-state index contributed by atoms with van der Waals surface area (Å²) in [6.45, 7) is 6.96. The van der Waals surface area contributed by atoms with Crippen molar-refractivity contribution < 1.29 is 23.0 Å². The van der Waals surface area contributed by atoms with Gasteiger partial charge in [0.2, 0.25) is 0 Å². The summed E-state index contributed by atoms with van der Waals surface area (Å²) in [7, 11) is 0. The van der Waals surface area contributed by atoms with Crippen molar-refractivity contribution in [2.45, 2.75) is 46.1 Å². The summed E-state index contributed by atoms with van der Waals surface area (Å²) < 4.78 is 44.1. The molecule has 0 fully saturated rings. The van der Waals surface area contributed by atoms with Crippen molar-refractivity contribution in [2.75, 3.05) is 0 Å². The third-order valence-electron chi connectivity index (χ3n) is 3.65. The van der Waals surface area contributed by atoms with Crippen LogP contribution in [-0.4, -0.2) is 16.2 Å². The Morgan fingerprint density at radius 1 is 1.20 bits per heavy atom. The minimum atomic E-state index is -4.51. The van der Waals surface area contributed by atoms with Crippen molar-refractivity contribution in [2.24, 2.45) is 0 Å². The summed E-state index contributed by atoms with van der Waals surface area (Å²) in [5.41, 5.74) is 1.10. The normalized spacial score (nSPS) is 13.2. The Morgan fingerprint density at radius 3 is 2.28 bits per heavy atom. The molecule has 1 N–H and O–H groups in total. The van der Waals surface area contributed by atoms with Gasteiger partial charge in [-0.1, -0.05) is 17.7 Å². The van der Waals surface area contributed by atoms with Crippen LogP contribution < -0.4 is 4.74 Å². The highest BCUT2D eigenvalue weighted by Gasteiger charge is 2.32. The number of alkyl halides is 3. The summed E-state index contributed by atoms with van der Waals surface area (Å²) in [6.07, 6.45) is -4.42. The first kappa shape index (κ1) is 19.5. The number of rotatable bonds is 4. The van der Waals surface area contributed by atoms with Crippen LogP contribution in [0.5, 0.6) is 5.75 Å². The summed E-state index contributed by atoms with van der Waals surface area (Å²) >= 11 is 6.26. The molecule has 136 valence electrons. The number of pyridine rings is 1. The lowest BCUT2D eigenvalue weighted by atomic mass is 9.95. The summed E-state index contributed by atoms with van der Waals surface area (Å²) in [5.74, 6) is 0.397. The topological polar surface area (TPSA) is 42.4 Å². The molecule has 0 aliphatic rings. The van der Waals surface area contributed by atoms with Crippen molar-refractivity contribution in [3.05, 3.63) is 46.2 Å². The monoisotopic (exact) mass is 373 g/mol. The predicted octanol–water partition coefficient (Wildman–Crippen LogP) is 5.57. The second kappa shape index (κ2) is 7.22. The molecule has 25 heavy (non-hydrogen) atoms. The average molecular weight is 374 g/mol. The highest BCUT2D eigenvalue weighted by molar-refractivity contribution is 6.32. The Kier molecular flexibility index (Phi) is 5.64. The fraction of sp³-hybridized carbons (Fsp3) is 0.389. The highest BCUT2D eigenvalue weighted by atomic mass is 35.5. The molecule has 0 radical (unpaired) electrons. The third-order valence-corrected chi connectivity index (χ3v) is 4.04. The zero-order chi connectivity index (χ0) is 18.9. The summed E-state index contributed by atoms with van der Waals surface area (Å²) in [6, 6.07) is 3.85. The van der Waals surface area contributed by atoms with Crippen LogP contribution in [0.1, 0.15) is 43.7 Å². The lowest BCUT2D eigenvalue weighted by Crippen LogP contribution is -2.11. The van der Waals surface area contributed by atoms with Gasteiger partial charge in [0, 0.05) is 27.9 Å². The fourth-order valence-corrected chi connectivity index (χ4v) is 2.69. The number of aromatic nitrogens is 1. The van der Waals surface area contributed by atoms with E-state index in [-0.39, 0.29) is 6.10 Å². The summed E-state index contributed by atoms with van der Waals surface area (Å²) in [5, 5.41) is 10.4. The molecule has 0 spiro atoms. The van der Waals surface area contributed by atoms with Gasteiger partial charge in [-0.05, 0) is 45.4 Å². The standard InChI is InChI=1S/C18H19ClF3NO2/c1-9(2)25-17-13(11(4)24)7-14(19)10(3)16(17)12-5-6-15(23-8-12)18(20,21)22/h5-9,11,24H,1-4H3. The number of aliphatic hydroxyl groups excluding tert-OH is 1. The van der Waals surface area contributed by atoms with Crippen LogP contribution in [0.2, 0.25) is 5.02 Å². The van der Waals surface area contributed by atoms with Gasteiger partial charge in [0.25, 0.3) is 0 Å². The second-order valence-electron chi connectivity index (χ2n) is 6.05. The third kappa shape index (κ3) is 4.25. The quantitative estimate of drug-likeness (QED) is 0.761. The number of nitrogens with zero attached hydrogens (tertiary/aromatic N) is 1. The van der Waals surface area contributed by atoms with E-state index in [0.717, 1.165) is 12.3 Å². The molecule has 0 saturated heterocycles. The lowest BCUT2D eigenvalue weighted by molar-refractivity contribution is -0.141. The van der Waals surface area contributed by atoms with E-state index < -0.39 is 18.0 Å². The molecular formula is C18H19ClF3NO2. The Morgan fingerprint density at radius 2 is 1.84 bits per heavy atom. The van der Waals surface area contributed by atoms with Gasteiger partial charge in [0.05, 0.1) is 12.2 Å². The van der Waals surface area contributed by atoms with E-state index >= 15 is 0 Å². The molecule has 2 aromatic rings. The second-order valence-corrected chi connectivity index (χ2v) is 6.46. The van der Waals surface area contributed by atoms with Crippen LogP contribution in [0, 0.1) is 6.92 Å². The molecule has 3 nitrogen and oxygen atoms in total. The maximum Gasteiger partial charge on any atom is 0.433 e. The maximum absolute atomic E-state index is 12.7. The van der Waals surface area contributed by atoms with Gasteiger partial charge in [-0.2, -0.15) is 13.2 Å². The van der Waals surface area contributed by atoms with Crippen molar-refractivity contribution in [1.29, 1.82) is 0 Å². The van der Waals surface area contributed by atoms with Crippen molar-refractivity contribution in [3.63, 3.8) is 0 Å².